The fourth-order valence-corrected chi connectivity index (χ4v) is 5.21. The molecule has 36 heavy (non-hydrogen) atoms. The number of anilines is 1. The highest BCUT2D eigenvalue weighted by molar-refractivity contribution is 9.10. The number of ether oxygens (including phenoxy) is 2. The first kappa shape index (κ1) is 24.3. The number of nitrogens with zero attached hydrogens (tertiary/aromatic N) is 2. The molecule has 1 N–H and O–H groups in total. The Bertz CT molecular complexity index is 1310. The molecule has 0 fully saturated rings. The first-order valence-corrected chi connectivity index (χ1v) is 12.7. The molecule has 3 aromatic rings. The molecule has 1 amide bonds. The average molecular weight is 547 g/mol. The average Bonchev–Trinajstić information content (AvgIpc) is 3.29. The third-order valence-corrected chi connectivity index (χ3v) is 7.27. The molecule has 5 rings (SSSR count). The second-order valence-electron chi connectivity index (χ2n) is 8.82. The monoisotopic (exact) mass is 546 g/mol. The normalized spacial score (nSPS) is 20.3. The quantitative estimate of drug-likeness (QED) is 0.294. The van der Waals surface area contributed by atoms with Gasteiger partial charge in [0.05, 0.1) is 12.3 Å². The van der Waals surface area contributed by atoms with E-state index in [2.05, 4.69) is 22.5 Å². The number of aliphatic hydroxyl groups is 1. The SMILES string of the molecule is C=CCN1C(=O)[C@@]2(Cc3ccccc3Br)N=C(c3ccc(OCCCO)cc3)O[C@H]2c2ccccc21. The van der Waals surface area contributed by atoms with Gasteiger partial charge in [0, 0.05) is 41.6 Å². The lowest BCUT2D eigenvalue weighted by Crippen LogP contribution is -2.55. The highest BCUT2D eigenvalue weighted by atomic mass is 79.9. The zero-order valence-corrected chi connectivity index (χ0v) is 21.4. The van der Waals surface area contributed by atoms with Crippen LogP contribution in [0.3, 0.4) is 0 Å². The van der Waals surface area contributed by atoms with Gasteiger partial charge in [-0.1, -0.05) is 58.4 Å². The van der Waals surface area contributed by atoms with Gasteiger partial charge in [0.1, 0.15) is 5.75 Å². The van der Waals surface area contributed by atoms with Gasteiger partial charge in [-0.2, -0.15) is 0 Å². The van der Waals surface area contributed by atoms with Crippen molar-refractivity contribution in [2.45, 2.75) is 24.5 Å². The fraction of sp³-hybridized carbons (Fsp3) is 0.241. The molecule has 6 nitrogen and oxygen atoms in total. The second-order valence-corrected chi connectivity index (χ2v) is 9.67. The first-order chi connectivity index (χ1) is 17.6. The van der Waals surface area contributed by atoms with Gasteiger partial charge in [-0.15, -0.1) is 6.58 Å². The van der Waals surface area contributed by atoms with Crippen molar-refractivity contribution in [3.8, 4) is 5.75 Å². The summed E-state index contributed by atoms with van der Waals surface area (Å²) < 4.78 is 13.1. The number of rotatable bonds is 9. The summed E-state index contributed by atoms with van der Waals surface area (Å²) in [4.78, 5) is 21.0. The zero-order valence-electron chi connectivity index (χ0n) is 19.8. The maximum atomic E-state index is 14.2. The molecule has 0 unspecified atom stereocenters. The van der Waals surface area contributed by atoms with E-state index >= 15 is 0 Å². The van der Waals surface area contributed by atoms with Crippen molar-refractivity contribution in [1.29, 1.82) is 0 Å². The molecule has 0 saturated carbocycles. The minimum atomic E-state index is -1.16. The van der Waals surface area contributed by atoms with Gasteiger partial charge in [-0.25, -0.2) is 4.99 Å². The number of hydrogen-bond donors (Lipinski definition) is 1. The van der Waals surface area contributed by atoms with Crippen LogP contribution in [-0.2, 0) is 16.0 Å². The molecule has 0 saturated heterocycles. The Morgan fingerprint density at radius 3 is 2.61 bits per heavy atom. The molecule has 2 aliphatic rings. The van der Waals surface area contributed by atoms with E-state index in [0.29, 0.717) is 37.6 Å². The fourth-order valence-electron chi connectivity index (χ4n) is 4.79. The molecule has 0 spiro atoms. The van der Waals surface area contributed by atoms with E-state index in [-0.39, 0.29) is 12.5 Å². The number of amides is 1. The van der Waals surface area contributed by atoms with Gasteiger partial charge in [0.2, 0.25) is 5.90 Å². The van der Waals surface area contributed by atoms with E-state index in [1.165, 1.54) is 0 Å². The summed E-state index contributed by atoms with van der Waals surface area (Å²) in [5.74, 6) is 1.02. The van der Waals surface area contributed by atoms with Crippen LogP contribution >= 0.6 is 15.9 Å². The minimum absolute atomic E-state index is 0.0854. The maximum absolute atomic E-state index is 14.2. The Kier molecular flexibility index (Phi) is 6.94. The lowest BCUT2D eigenvalue weighted by atomic mass is 9.78. The van der Waals surface area contributed by atoms with Crippen LogP contribution in [0.5, 0.6) is 5.75 Å². The Morgan fingerprint density at radius 1 is 1.11 bits per heavy atom. The molecule has 0 aliphatic carbocycles. The van der Waals surface area contributed by atoms with Gasteiger partial charge < -0.3 is 19.5 Å². The van der Waals surface area contributed by atoms with Crippen molar-refractivity contribution in [2.75, 3.05) is 24.7 Å². The predicted octanol–water partition coefficient (Wildman–Crippen LogP) is 5.24. The molecule has 184 valence electrons. The van der Waals surface area contributed by atoms with Crippen LogP contribution in [0.4, 0.5) is 5.69 Å². The van der Waals surface area contributed by atoms with Gasteiger partial charge in [-0.05, 0) is 42.0 Å². The van der Waals surface area contributed by atoms with Crippen molar-refractivity contribution < 1.29 is 19.4 Å². The molecule has 2 atom stereocenters. The number of para-hydroxylation sites is 1. The van der Waals surface area contributed by atoms with Gasteiger partial charge in [0.15, 0.2) is 11.6 Å². The number of benzene rings is 3. The number of carbonyl (C=O) groups is 1. The lowest BCUT2D eigenvalue weighted by Gasteiger charge is -2.41. The van der Waals surface area contributed by atoms with Gasteiger partial charge in [-0.3, -0.25) is 4.79 Å². The highest BCUT2D eigenvalue weighted by Gasteiger charge is 2.58. The summed E-state index contributed by atoms with van der Waals surface area (Å²) in [6, 6.07) is 23.2. The number of hydrogen-bond acceptors (Lipinski definition) is 5. The van der Waals surface area contributed by atoms with Crippen molar-refractivity contribution in [1.82, 2.24) is 0 Å². The van der Waals surface area contributed by atoms with E-state index in [0.717, 1.165) is 26.9 Å². The molecule has 7 heteroatoms. The lowest BCUT2D eigenvalue weighted by molar-refractivity contribution is -0.126. The van der Waals surface area contributed by atoms with Crippen molar-refractivity contribution >= 4 is 33.4 Å². The van der Waals surface area contributed by atoms with Gasteiger partial charge >= 0.3 is 0 Å². The van der Waals surface area contributed by atoms with E-state index in [4.69, 9.17) is 19.6 Å². The molecular weight excluding hydrogens is 520 g/mol. The standard InChI is InChI=1S/C29H27BrN2O4/c1-2-16-32-25-11-6-4-9-23(25)26-29(28(32)34,19-21-8-3-5-10-24(21)30)31-27(36-26)20-12-14-22(15-13-20)35-18-7-17-33/h2-6,8-15,26,33H,1,7,16-19H2/t26-,29-/m0/s1. The number of aliphatic imine (C=N–C) groups is 1. The Morgan fingerprint density at radius 2 is 1.86 bits per heavy atom. The van der Waals surface area contributed by atoms with Crippen LogP contribution in [0.2, 0.25) is 0 Å². The second kappa shape index (κ2) is 10.3. The highest BCUT2D eigenvalue weighted by Crippen LogP contribution is 2.50. The van der Waals surface area contributed by atoms with Crippen molar-refractivity contribution in [3.63, 3.8) is 0 Å². The van der Waals surface area contributed by atoms with E-state index in [1.54, 1.807) is 11.0 Å². The Labute approximate surface area is 219 Å². The molecule has 3 aromatic carbocycles. The number of carbonyl (C=O) groups excluding carboxylic acids is 1. The largest absolute Gasteiger partial charge is 0.494 e. The maximum Gasteiger partial charge on any atom is 0.259 e. The number of fused-ring (bicyclic) bond motifs is 3. The minimum Gasteiger partial charge on any atom is -0.494 e. The summed E-state index contributed by atoms with van der Waals surface area (Å²) >= 11 is 3.65. The third-order valence-electron chi connectivity index (χ3n) is 6.49. The van der Waals surface area contributed by atoms with Crippen LogP contribution in [0.25, 0.3) is 0 Å². The first-order valence-electron chi connectivity index (χ1n) is 11.9. The van der Waals surface area contributed by atoms with E-state index in [1.807, 2.05) is 72.8 Å². The summed E-state index contributed by atoms with van der Waals surface area (Å²) in [5, 5.41) is 8.97. The Balaban J connectivity index is 1.59. The molecular formula is C29H27BrN2O4. The molecule has 0 aromatic heterocycles. The smallest absolute Gasteiger partial charge is 0.259 e. The summed E-state index contributed by atoms with van der Waals surface area (Å²) in [7, 11) is 0. The molecule has 2 aliphatic heterocycles. The van der Waals surface area contributed by atoms with Crippen molar-refractivity contribution in [3.05, 3.63) is 107 Å². The van der Waals surface area contributed by atoms with Gasteiger partial charge in [0.25, 0.3) is 5.91 Å². The van der Waals surface area contributed by atoms with E-state index < -0.39 is 11.6 Å². The molecule has 2 heterocycles. The summed E-state index contributed by atoms with van der Waals surface area (Å²) in [5.41, 5.74) is 2.33. The van der Waals surface area contributed by atoms with Crippen molar-refractivity contribution in [2.24, 2.45) is 4.99 Å². The third kappa shape index (κ3) is 4.33. The van der Waals surface area contributed by atoms with Crippen LogP contribution in [0.15, 0.2) is 94.9 Å². The van der Waals surface area contributed by atoms with Crippen LogP contribution in [0, 0.1) is 0 Å². The van der Waals surface area contributed by atoms with Crippen LogP contribution in [-0.4, -0.2) is 42.2 Å². The van der Waals surface area contributed by atoms with Crippen LogP contribution in [0.1, 0.15) is 29.2 Å². The molecule has 0 bridgehead atoms. The molecule has 0 radical (unpaired) electrons. The van der Waals surface area contributed by atoms with E-state index in [9.17, 15) is 4.79 Å². The summed E-state index contributed by atoms with van der Waals surface area (Å²) in [6.45, 7) is 4.78. The summed E-state index contributed by atoms with van der Waals surface area (Å²) in [6.07, 6.45) is 2.12. The topological polar surface area (TPSA) is 71.4 Å². The Hall–Kier alpha value is -3.42. The predicted molar refractivity (Wildman–Crippen MR) is 144 cm³/mol. The van der Waals surface area contributed by atoms with Crippen LogP contribution < -0.4 is 9.64 Å². The zero-order chi connectivity index (χ0) is 25.1. The number of halogens is 1. The number of aliphatic hydroxyl groups excluding tert-OH is 1.